The largest absolute Gasteiger partial charge is 0.481 e. The highest BCUT2D eigenvalue weighted by Gasteiger charge is 2.14. The molecule has 0 spiro atoms. The number of carbonyl (C=O) groups is 2. The molecule has 1 atom stereocenters. The van der Waals surface area contributed by atoms with E-state index in [4.69, 9.17) is 9.84 Å². The third-order valence-electron chi connectivity index (χ3n) is 12.3. The van der Waals surface area contributed by atoms with Crippen LogP contribution in [0.1, 0.15) is 316 Å². The van der Waals surface area contributed by atoms with Crippen molar-refractivity contribution in [2.24, 2.45) is 0 Å². The zero-order valence-electron chi connectivity index (χ0n) is 38.5. The second-order valence-electron chi connectivity index (χ2n) is 18.1. The molecular weight excluding hydrogens is 689 g/mol. The van der Waals surface area contributed by atoms with Crippen LogP contribution >= 0.6 is 0 Å². The molecule has 0 bridgehead atoms. The molecule has 0 aromatic rings. The second kappa shape index (κ2) is 48.3. The van der Waals surface area contributed by atoms with Gasteiger partial charge in [0, 0.05) is 12.8 Å². The number of carboxylic acids is 1. The molecule has 0 heterocycles. The molecule has 1 N–H and O–H groups in total. The van der Waals surface area contributed by atoms with Crippen LogP contribution in [0.4, 0.5) is 0 Å². The lowest BCUT2D eigenvalue weighted by Crippen LogP contribution is -2.18. The van der Waals surface area contributed by atoms with Gasteiger partial charge in [0.2, 0.25) is 0 Å². The van der Waals surface area contributed by atoms with E-state index in [9.17, 15) is 9.59 Å². The first-order valence-electron chi connectivity index (χ1n) is 26.0. The molecule has 0 aromatic carbocycles. The number of aliphatic carboxylic acids is 1. The Hall–Kier alpha value is -1.06. The standard InChI is InChI=1S/C52H102O4/c1-3-5-7-9-11-13-15-17-19-20-21-22-23-24-25-26-28-30-32-34-36-41-45-49-52(55)56-50(47-43-39-37-40-44-48-51(53)54)46-42-38-35-33-31-29-27-18-16-14-12-10-8-6-4-2/h50H,3-49H2,1-2H3,(H,53,54). The Balaban J connectivity index is 3.83. The average molecular weight is 791 g/mol. The van der Waals surface area contributed by atoms with Crippen molar-refractivity contribution >= 4 is 11.9 Å². The highest BCUT2D eigenvalue weighted by molar-refractivity contribution is 5.69. The highest BCUT2D eigenvalue weighted by atomic mass is 16.5. The van der Waals surface area contributed by atoms with Crippen LogP contribution in [0.3, 0.4) is 0 Å². The molecule has 0 amide bonds. The Labute approximate surface area is 352 Å². The van der Waals surface area contributed by atoms with Crippen molar-refractivity contribution in [2.75, 3.05) is 0 Å². The van der Waals surface area contributed by atoms with Crippen LogP contribution in [-0.2, 0) is 14.3 Å². The van der Waals surface area contributed by atoms with Crippen LogP contribution in [0.25, 0.3) is 0 Å². The summed E-state index contributed by atoms with van der Waals surface area (Å²) in [7, 11) is 0. The van der Waals surface area contributed by atoms with Crippen molar-refractivity contribution in [3.63, 3.8) is 0 Å². The van der Waals surface area contributed by atoms with Crippen LogP contribution in [0, 0.1) is 0 Å². The van der Waals surface area contributed by atoms with Crippen LogP contribution in [0.5, 0.6) is 0 Å². The molecule has 4 heteroatoms. The van der Waals surface area contributed by atoms with E-state index in [0.717, 1.165) is 64.2 Å². The number of hydrogen-bond donors (Lipinski definition) is 1. The van der Waals surface area contributed by atoms with E-state index in [-0.39, 0.29) is 18.5 Å². The van der Waals surface area contributed by atoms with Crippen molar-refractivity contribution < 1.29 is 19.4 Å². The number of carboxylic acid groups (broad SMARTS) is 1. The predicted molar refractivity (Wildman–Crippen MR) is 246 cm³/mol. The Bertz CT molecular complexity index is 766. The summed E-state index contributed by atoms with van der Waals surface area (Å²) in [5.74, 6) is -0.679. The Morgan fingerprint density at radius 3 is 0.786 bits per heavy atom. The van der Waals surface area contributed by atoms with Crippen LogP contribution in [-0.4, -0.2) is 23.1 Å². The summed E-state index contributed by atoms with van der Waals surface area (Å²) in [6.07, 6.45) is 60.3. The van der Waals surface area contributed by atoms with Gasteiger partial charge in [0.25, 0.3) is 0 Å². The van der Waals surface area contributed by atoms with E-state index in [2.05, 4.69) is 13.8 Å². The zero-order chi connectivity index (χ0) is 40.7. The van der Waals surface area contributed by atoms with Gasteiger partial charge in [-0.3, -0.25) is 9.59 Å². The summed E-state index contributed by atoms with van der Waals surface area (Å²) in [5, 5.41) is 8.87. The third kappa shape index (κ3) is 47.3. The van der Waals surface area contributed by atoms with Crippen LogP contribution in [0.15, 0.2) is 0 Å². The van der Waals surface area contributed by atoms with Crippen molar-refractivity contribution in [2.45, 2.75) is 322 Å². The van der Waals surface area contributed by atoms with Gasteiger partial charge in [0.1, 0.15) is 6.10 Å². The SMILES string of the molecule is CCCCCCCCCCCCCCCCCCCCCCCCCC(=O)OC(CCCCCCCCCCCCCCCCC)CCCCCCCC(=O)O. The Morgan fingerprint density at radius 1 is 0.321 bits per heavy atom. The van der Waals surface area contributed by atoms with E-state index < -0.39 is 5.97 Å². The van der Waals surface area contributed by atoms with Gasteiger partial charge in [-0.15, -0.1) is 0 Å². The maximum Gasteiger partial charge on any atom is 0.306 e. The van der Waals surface area contributed by atoms with Crippen molar-refractivity contribution in [3.8, 4) is 0 Å². The maximum atomic E-state index is 12.8. The topological polar surface area (TPSA) is 63.6 Å². The molecule has 0 aliphatic carbocycles. The van der Waals surface area contributed by atoms with Gasteiger partial charge in [-0.1, -0.05) is 264 Å². The van der Waals surface area contributed by atoms with Crippen molar-refractivity contribution in [1.82, 2.24) is 0 Å². The normalized spacial score (nSPS) is 12.0. The lowest BCUT2D eigenvalue weighted by atomic mass is 10.0. The number of unbranched alkanes of at least 4 members (excludes halogenated alkanes) is 40. The fourth-order valence-electron chi connectivity index (χ4n) is 8.48. The second-order valence-corrected chi connectivity index (χ2v) is 18.1. The smallest absolute Gasteiger partial charge is 0.306 e. The zero-order valence-corrected chi connectivity index (χ0v) is 38.5. The molecule has 334 valence electrons. The molecular formula is C52H102O4. The van der Waals surface area contributed by atoms with Gasteiger partial charge in [-0.2, -0.15) is 0 Å². The molecule has 0 aromatic heterocycles. The summed E-state index contributed by atoms with van der Waals surface area (Å²) in [4.78, 5) is 23.6. The van der Waals surface area contributed by atoms with E-state index in [1.165, 1.54) is 225 Å². The van der Waals surface area contributed by atoms with E-state index in [1.54, 1.807) is 0 Å². The molecule has 0 saturated carbocycles. The molecule has 56 heavy (non-hydrogen) atoms. The number of hydrogen-bond acceptors (Lipinski definition) is 3. The van der Waals surface area contributed by atoms with E-state index >= 15 is 0 Å². The molecule has 0 aliphatic rings. The number of ether oxygens (including phenoxy) is 1. The minimum atomic E-state index is -0.693. The van der Waals surface area contributed by atoms with Crippen LogP contribution < -0.4 is 0 Å². The first-order valence-corrected chi connectivity index (χ1v) is 26.0. The average Bonchev–Trinajstić information content (AvgIpc) is 3.19. The minimum absolute atomic E-state index is 0.0147. The van der Waals surface area contributed by atoms with Gasteiger partial charge in [0.05, 0.1) is 0 Å². The van der Waals surface area contributed by atoms with Crippen LogP contribution in [0.2, 0.25) is 0 Å². The highest BCUT2D eigenvalue weighted by Crippen LogP contribution is 2.20. The predicted octanol–water partition coefficient (Wildman–Crippen LogP) is 18.4. The summed E-state index contributed by atoms with van der Waals surface area (Å²) < 4.78 is 6.06. The van der Waals surface area contributed by atoms with Gasteiger partial charge in [0.15, 0.2) is 0 Å². The molecule has 0 aliphatic heterocycles. The summed E-state index contributed by atoms with van der Waals surface area (Å²) in [5.41, 5.74) is 0. The molecule has 0 radical (unpaired) electrons. The monoisotopic (exact) mass is 791 g/mol. The number of esters is 1. The van der Waals surface area contributed by atoms with Crippen molar-refractivity contribution in [3.05, 3.63) is 0 Å². The molecule has 0 rings (SSSR count). The minimum Gasteiger partial charge on any atom is -0.481 e. The van der Waals surface area contributed by atoms with E-state index in [0.29, 0.717) is 6.42 Å². The van der Waals surface area contributed by atoms with Crippen molar-refractivity contribution in [1.29, 1.82) is 0 Å². The van der Waals surface area contributed by atoms with E-state index in [1.807, 2.05) is 0 Å². The Morgan fingerprint density at radius 2 is 0.536 bits per heavy atom. The fraction of sp³-hybridized carbons (Fsp3) is 0.962. The summed E-state index contributed by atoms with van der Waals surface area (Å²) >= 11 is 0. The molecule has 4 nitrogen and oxygen atoms in total. The summed E-state index contributed by atoms with van der Waals surface area (Å²) in [6, 6.07) is 0. The van der Waals surface area contributed by atoms with Gasteiger partial charge >= 0.3 is 11.9 Å². The van der Waals surface area contributed by atoms with Gasteiger partial charge < -0.3 is 9.84 Å². The maximum absolute atomic E-state index is 12.8. The molecule has 0 fully saturated rings. The molecule has 1 unspecified atom stereocenters. The number of rotatable bonds is 49. The first-order chi connectivity index (χ1) is 27.6. The number of carbonyl (C=O) groups excluding carboxylic acids is 1. The lowest BCUT2D eigenvalue weighted by molar-refractivity contribution is -0.150. The van der Waals surface area contributed by atoms with Gasteiger partial charge in [-0.25, -0.2) is 0 Å². The lowest BCUT2D eigenvalue weighted by Gasteiger charge is -2.18. The fourth-order valence-corrected chi connectivity index (χ4v) is 8.48. The summed E-state index contributed by atoms with van der Waals surface area (Å²) in [6.45, 7) is 4.59. The Kier molecular flexibility index (Phi) is 47.4. The third-order valence-corrected chi connectivity index (χ3v) is 12.3. The molecule has 0 saturated heterocycles. The van der Waals surface area contributed by atoms with Gasteiger partial charge in [-0.05, 0) is 38.5 Å². The first kappa shape index (κ1) is 54.9. The quantitative estimate of drug-likeness (QED) is 0.0492.